The number of rotatable bonds is 4. The zero-order chi connectivity index (χ0) is 13.1. The Morgan fingerprint density at radius 1 is 1.56 bits per heavy atom. The lowest BCUT2D eigenvalue weighted by Crippen LogP contribution is -2.04. The van der Waals surface area contributed by atoms with Crippen LogP contribution in [0, 0.1) is 0 Å². The highest BCUT2D eigenvalue weighted by atomic mass is 79.9. The normalized spacial score (nSPS) is 10.4. The number of halogens is 2. The van der Waals surface area contributed by atoms with Crippen LogP contribution in [0.15, 0.2) is 28.9 Å². The second kappa shape index (κ2) is 5.82. The Kier molecular flexibility index (Phi) is 4.37. The number of thiazole rings is 1. The lowest BCUT2D eigenvalue weighted by Gasteiger charge is -2.11. The number of ketones is 1. The van der Waals surface area contributed by atoms with Gasteiger partial charge in [-0.25, -0.2) is 4.98 Å². The van der Waals surface area contributed by atoms with Crippen molar-refractivity contribution < 1.29 is 4.79 Å². The molecule has 0 aliphatic carbocycles. The zero-order valence-electron chi connectivity index (χ0n) is 9.54. The van der Waals surface area contributed by atoms with Crippen LogP contribution in [0.25, 0.3) is 0 Å². The van der Waals surface area contributed by atoms with Gasteiger partial charge in [0.15, 0.2) is 10.3 Å². The Labute approximate surface area is 122 Å². The third kappa shape index (κ3) is 3.10. The predicted molar refractivity (Wildman–Crippen MR) is 78.6 cm³/mol. The molecule has 3 nitrogen and oxygen atoms in total. The topological polar surface area (TPSA) is 42.0 Å². The van der Waals surface area contributed by atoms with Crippen molar-refractivity contribution in [3.63, 3.8) is 0 Å². The third-order valence-corrected chi connectivity index (χ3v) is 4.13. The van der Waals surface area contributed by atoms with Gasteiger partial charge in [0, 0.05) is 21.1 Å². The van der Waals surface area contributed by atoms with Crippen LogP contribution in [0.3, 0.4) is 0 Å². The Hall–Kier alpha value is -0.910. The quantitative estimate of drug-likeness (QED) is 0.836. The SMILES string of the molecule is CC(=O)c1cccc(Br)c1NCc1cnc(Cl)s1. The minimum absolute atomic E-state index is 0.0288. The summed E-state index contributed by atoms with van der Waals surface area (Å²) in [5.41, 5.74) is 1.47. The van der Waals surface area contributed by atoms with E-state index in [9.17, 15) is 4.79 Å². The molecule has 1 heterocycles. The van der Waals surface area contributed by atoms with Crippen molar-refractivity contribution in [2.24, 2.45) is 0 Å². The highest BCUT2D eigenvalue weighted by Gasteiger charge is 2.10. The molecule has 0 atom stereocenters. The molecule has 94 valence electrons. The molecule has 0 spiro atoms. The van der Waals surface area contributed by atoms with E-state index < -0.39 is 0 Å². The average molecular weight is 346 g/mol. The van der Waals surface area contributed by atoms with Crippen molar-refractivity contribution in [3.8, 4) is 0 Å². The van der Waals surface area contributed by atoms with Crippen LogP contribution >= 0.6 is 38.9 Å². The second-order valence-corrected chi connectivity index (χ2v) is 6.20. The number of hydrogen-bond acceptors (Lipinski definition) is 4. The van der Waals surface area contributed by atoms with Crippen molar-refractivity contribution in [2.45, 2.75) is 13.5 Å². The lowest BCUT2D eigenvalue weighted by molar-refractivity contribution is 0.101. The fourth-order valence-electron chi connectivity index (χ4n) is 1.54. The van der Waals surface area contributed by atoms with Gasteiger partial charge < -0.3 is 5.32 Å². The molecule has 18 heavy (non-hydrogen) atoms. The minimum atomic E-state index is 0.0288. The van der Waals surface area contributed by atoms with Crippen LogP contribution in [0.1, 0.15) is 22.2 Å². The van der Waals surface area contributed by atoms with E-state index in [0.717, 1.165) is 15.0 Å². The summed E-state index contributed by atoms with van der Waals surface area (Å²) in [5.74, 6) is 0.0288. The summed E-state index contributed by atoms with van der Waals surface area (Å²) in [6.45, 7) is 2.14. The summed E-state index contributed by atoms with van der Waals surface area (Å²) in [7, 11) is 0. The number of Topliss-reactive ketones (excluding diaryl/α,β-unsaturated/α-hetero) is 1. The van der Waals surface area contributed by atoms with Gasteiger partial charge in [-0.2, -0.15) is 0 Å². The first-order valence-electron chi connectivity index (χ1n) is 5.21. The van der Waals surface area contributed by atoms with Crippen LogP contribution < -0.4 is 5.32 Å². The molecule has 6 heteroatoms. The number of para-hydroxylation sites is 1. The highest BCUT2D eigenvalue weighted by molar-refractivity contribution is 9.10. The molecule has 0 unspecified atom stereocenters. The summed E-state index contributed by atoms with van der Waals surface area (Å²) >= 11 is 10.6. The first-order chi connectivity index (χ1) is 8.58. The Morgan fingerprint density at radius 2 is 2.33 bits per heavy atom. The molecule has 0 bridgehead atoms. The molecule has 0 saturated heterocycles. The van der Waals surface area contributed by atoms with Crippen LogP contribution in [0.5, 0.6) is 0 Å². The van der Waals surface area contributed by atoms with Gasteiger partial charge in [0.2, 0.25) is 0 Å². The van der Waals surface area contributed by atoms with Gasteiger partial charge in [-0.15, -0.1) is 11.3 Å². The first kappa shape index (κ1) is 13.5. The van der Waals surface area contributed by atoms with Crippen LogP contribution in [-0.2, 0) is 6.54 Å². The van der Waals surface area contributed by atoms with Gasteiger partial charge >= 0.3 is 0 Å². The molecule has 1 aromatic carbocycles. The van der Waals surface area contributed by atoms with E-state index >= 15 is 0 Å². The smallest absolute Gasteiger partial charge is 0.183 e. The second-order valence-electron chi connectivity index (χ2n) is 3.65. The van der Waals surface area contributed by atoms with Crippen molar-refractivity contribution in [3.05, 3.63) is 43.8 Å². The predicted octanol–water partition coefficient (Wildman–Crippen LogP) is 4.37. The van der Waals surface area contributed by atoms with E-state index in [1.807, 2.05) is 12.1 Å². The molecule has 0 fully saturated rings. The van der Waals surface area contributed by atoms with Crippen LogP contribution in [0.4, 0.5) is 5.69 Å². The molecule has 1 aromatic heterocycles. The van der Waals surface area contributed by atoms with E-state index in [1.165, 1.54) is 11.3 Å². The molecular formula is C12H10BrClN2OS. The number of carbonyl (C=O) groups is 1. The maximum Gasteiger partial charge on any atom is 0.183 e. The van der Waals surface area contributed by atoms with E-state index in [0.29, 0.717) is 16.6 Å². The number of nitrogens with zero attached hydrogens (tertiary/aromatic N) is 1. The van der Waals surface area contributed by atoms with Crippen LogP contribution in [-0.4, -0.2) is 10.8 Å². The highest BCUT2D eigenvalue weighted by Crippen LogP contribution is 2.28. The molecule has 0 aliphatic rings. The van der Waals surface area contributed by atoms with Gasteiger partial charge in [0.1, 0.15) is 0 Å². The largest absolute Gasteiger partial charge is 0.379 e. The van der Waals surface area contributed by atoms with Gasteiger partial charge in [0.25, 0.3) is 0 Å². The first-order valence-corrected chi connectivity index (χ1v) is 7.20. The molecule has 1 N–H and O–H groups in total. The molecule has 0 aliphatic heterocycles. The van der Waals surface area contributed by atoms with E-state index in [-0.39, 0.29) is 5.78 Å². The maximum atomic E-state index is 11.5. The minimum Gasteiger partial charge on any atom is -0.379 e. The number of hydrogen-bond donors (Lipinski definition) is 1. The molecular weight excluding hydrogens is 336 g/mol. The summed E-state index contributed by atoms with van der Waals surface area (Å²) in [4.78, 5) is 16.5. The van der Waals surface area contributed by atoms with Gasteiger partial charge in [-0.05, 0) is 35.0 Å². The Balaban J connectivity index is 2.20. The Morgan fingerprint density at radius 3 is 2.94 bits per heavy atom. The molecule has 2 aromatic rings. The summed E-state index contributed by atoms with van der Waals surface area (Å²) < 4.78 is 1.39. The fraction of sp³-hybridized carbons (Fsp3) is 0.167. The number of aromatic nitrogens is 1. The summed E-state index contributed by atoms with van der Waals surface area (Å²) in [6, 6.07) is 5.54. The molecule has 0 saturated carbocycles. The number of carbonyl (C=O) groups excluding carboxylic acids is 1. The molecule has 2 rings (SSSR count). The van der Waals surface area contributed by atoms with Gasteiger partial charge in [-0.3, -0.25) is 4.79 Å². The van der Waals surface area contributed by atoms with E-state index in [4.69, 9.17) is 11.6 Å². The zero-order valence-corrected chi connectivity index (χ0v) is 12.7. The van der Waals surface area contributed by atoms with Crippen molar-refractivity contribution >= 4 is 50.3 Å². The summed E-state index contributed by atoms with van der Waals surface area (Å²) in [6.07, 6.45) is 1.73. The number of anilines is 1. The van der Waals surface area contributed by atoms with Gasteiger partial charge in [-0.1, -0.05) is 17.7 Å². The number of nitrogens with one attached hydrogen (secondary N) is 1. The number of benzene rings is 1. The van der Waals surface area contributed by atoms with Crippen molar-refractivity contribution in [2.75, 3.05) is 5.32 Å². The van der Waals surface area contributed by atoms with Crippen molar-refractivity contribution in [1.29, 1.82) is 0 Å². The summed E-state index contributed by atoms with van der Waals surface area (Å²) in [5, 5.41) is 3.24. The average Bonchev–Trinajstić information content (AvgIpc) is 2.73. The van der Waals surface area contributed by atoms with Crippen LogP contribution in [0.2, 0.25) is 4.47 Å². The standard InChI is InChI=1S/C12H10BrClN2OS/c1-7(17)9-3-2-4-10(13)11(9)15-5-8-6-16-12(14)18-8/h2-4,6,15H,5H2,1H3. The molecule has 0 amide bonds. The van der Waals surface area contributed by atoms with Gasteiger partial charge in [0.05, 0.1) is 12.2 Å². The molecule has 0 radical (unpaired) electrons. The maximum absolute atomic E-state index is 11.5. The van der Waals surface area contributed by atoms with E-state index in [2.05, 4.69) is 26.2 Å². The third-order valence-electron chi connectivity index (χ3n) is 2.36. The lowest BCUT2D eigenvalue weighted by atomic mass is 10.1. The fourth-order valence-corrected chi connectivity index (χ4v) is 2.96. The monoisotopic (exact) mass is 344 g/mol. The van der Waals surface area contributed by atoms with E-state index in [1.54, 1.807) is 19.2 Å². The van der Waals surface area contributed by atoms with Crippen molar-refractivity contribution in [1.82, 2.24) is 4.98 Å². The Bertz CT molecular complexity index is 585.